The number of anilines is 2. The van der Waals surface area contributed by atoms with Gasteiger partial charge in [-0.2, -0.15) is 0 Å². The summed E-state index contributed by atoms with van der Waals surface area (Å²) in [6.45, 7) is 3.50. The second kappa shape index (κ2) is 7.65. The molecule has 132 valence electrons. The Balaban J connectivity index is 1.94. The molecule has 1 fully saturated rings. The lowest BCUT2D eigenvalue weighted by Gasteiger charge is -2.28. The summed E-state index contributed by atoms with van der Waals surface area (Å²) in [5.41, 5.74) is 1.10. The van der Waals surface area contributed by atoms with Crippen LogP contribution in [-0.2, 0) is 24.3 Å². The number of hydrogen-bond acceptors (Lipinski definition) is 5. The van der Waals surface area contributed by atoms with Gasteiger partial charge in [-0.15, -0.1) is 0 Å². The Morgan fingerprint density at radius 3 is 2.46 bits per heavy atom. The third-order valence-corrected chi connectivity index (χ3v) is 5.47. The van der Waals surface area contributed by atoms with E-state index >= 15 is 0 Å². The van der Waals surface area contributed by atoms with Crippen LogP contribution in [0.2, 0.25) is 0 Å². The van der Waals surface area contributed by atoms with E-state index in [0.29, 0.717) is 24.3 Å². The summed E-state index contributed by atoms with van der Waals surface area (Å²) >= 11 is 0. The van der Waals surface area contributed by atoms with E-state index in [-0.39, 0.29) is 18.3 Å². The van der Waals surface area contributed by atoms with Gasteiger partial charge in [-0.05, 0) is 37.1 Å². The fourth-order valence-electron chi connectivity index (χ4n) is 2.29. The van der Waals surface area contributed by atoms with Crippen LogP contribution in [0.5, 0.6) is 0 Å². The lowest BCUT2D eigenvalue weighted by molar-refractivity contribution is -0.150. The van der Waals surface area contributed by atoms with Crippen molar-refractivity contribution >= 4 is 33.3 Å². The second-order valence-electron chi connectivity index (χ2n) is 5.95. The van der Waals surface area contributed by atoms with Crippen molar-refractivity contribution in [1.82, 2.24) is 0 Å². The fraction of sp³-hybridized carbons (Fsp3) is 0.500. The Morgan fingerprint density at radius 2 is 1.88 bits per heavy atom. The molecule has 7 nitrogen and oxygen atoms in total. The molecule has 24 heavy (non-hydrogen) atoms. The molecule has 1 aromatic carbocycles. The Kier molecular flexibility index (Phi) is 5.82. The standard InChI is InChI=1S/C16H22N2O5S/c1-12(2)16(20)23-11-15(19)17-13-5-7-14(8-6-13)18-9-3-4-10-24(18,21)22/h5-8,12H,3-4,9-11H2,1-2H3,(H,17,19). The molecule has 0 bridgehead atoms. The Bertz CT molecular complexity index is 698. The Labute approximate surface area is 142 Å². The SMILES string of the molecule is CC(C)C(=O)OCC(=O)Nc1ccc(N2CCCCS2(=O)=O)cc1. The smallest absolute Gasteiger partial charge is 0.308 e. The van der Waals surface area contributed by atoms with Gasteiger partial charge in [0.1, 0.15) is 0 Å². The molecule has 1 saturated heterocycles. The van der Waals surface area contributed by atoms with Gasteiger partial charge in [-0.1, -0.05) is 13.8 Å². The van der Waals surface area contributed by atoms with Gasteiger partial charge in [0.05, 0.1) is 17.4 Å². The number of amides is 1. The van der Waals surface area contributed by atoms with Crippen molar-refractivity contribution < 1.29 is 22.7 Å². The van der Waals surface area contributed by atoms with E-state index in [9.17, 15) is 18.0 Å². The monoisotopic (exact) mass is 354 g/mol. The predicted octanol–water partition coefficient (Wildman–Crippen LogP) is 1.75. The number of nitrogens with one attached hydrogen (secondary N) is 1. The molecular formula is C16H22N2O5S. The van der Waals surface area contributed by atoms with E-state index in [1.165, 1.54) is 4.31 Å². The molecule has 0 aromatic heterocycles. The molecule has 1 heterocycles. The van der Waals surface area contributed by atoms with Gasteiger partial charge in [-0.25, -0.2) is 8.42 Å². The third kappa shape index (κ3) is 4.70. The van der Waals surface area contributed by atoms with Crippen LogP contribution in [0.1, 0.15) is 26.7 Å². The van der Waals surface area contributed by atoms with Crippen LogP contribution in [0.3, 0.4) is 0 Å². The first-order valence-electron chi connectivity index (χ1n) is 7.86. The van der Waals surface area contributed by atoms with Crippen molar-refractivity contribution in [2.75, 3.05) is 28.5 Å². The lowest BCUT2D eigenvalue weighted by Crippen LogP contribution is -2.37. The summed E-state index contributed by atoms with van der Waals surface area (Å²) in [7, 11) is -3.25. The van der Waals surface area contributed by atoms with Crippen molar-refractivity contribution in [1.29, 1.82) is 0 Å². The van der Waals surface area contributed by atoms with Crippen LogP contribution in [0.25, 0.3) is 0 Å². The zero-order valence-corrected chi connectivity index (χ0v) is 14.6. The minimum absolute atomic E-state index is 0.159. The Morgan fingerprint density at radius 1 is 1.21 bits per heavy atom. The highest BCUT2D eigenvalue weighted by atomic mass is 32.2. The largest absolute Gasteiger partial charge is 0.455 e. The number of benzene rings is 1. The van der Waals surface area contributed by atoms with Crippen molar-refractivity contribution in [2.45, 2.75) is 26.7 Å². The zero-order valence-electron chi connectivity index (χ0n) is 13.8. The number of nitrogens with zero attached hydrogens (tertiary/aromatic N) is 1. The highest BCUT2D eigenvalue weighted by Crippen LogP contribution is 2.24. The van der Waals surface area contributed by atoms with Crippen molar-refractivity contribution in [3.63, 3.8) is 0 Å². The van der Waals surface area contributed by atoms with Gasteiger partial charge in [-0.3, -0.25) is 13.9 Å². The average molecular weight is 354 g/mol. The molecule has 0 unspecified atom stereocenters. The highest BCUT2D eigenvalue weighted by molar-refractivity contribution is 7.92. The van der Waals surface area contributed by atoms with Crippen LogP contribution >= 0.6 is 0 Å². The molecule has 0 saturated carbocycles. The molecule has 0 radical (unpaired) electrons. The van der Waals surface area contributed by atoms with Crippen LogP contribution in [0.4, 0.5) is 11.4 Å². The minimum atomic E-state index is -3.25. The summed E-state index contributed by atoms with van der Waals surface area (Å²) in [5.74, 6) is -1.01. The van der Waals surface area contributed by atoms with Gasteiger partial charge in [0.15, 0.2) is 6.61 Å². The van der Waals surface area contributed by atoms with Gasteiger partial charge in [0.25, 0.3) is 5.91 Å². The normalized spacial score (nSPS) is 16.7. The topological polar surface area (TPSA) is 92.8 Å². The number of ether oxygens (including phenoxy) is 1. The van der Waals surface area contributed by atoms with Gasteiger partial charge >= 0.3 is 5.97 Å². The maximum atomic E-state index is 12.1. The molecule has 1 amide bonds. The maximum absolute atomic E-state index is 12.1. The third-order valence-electron chi connectivity index (χ3n) is 3.61. The summed E-state index contributed by atoms with van der Waals surface area (Å²) in [6, 6.07) is 6.56. The number of rotatable bonds is 5. The molecule has 1 aromatic rings. The molecule has 0 spiro atoms. The van der Waals surface area contributed by atoms with E-state index in [4.69, 9.17) is 4.74 Å². The number of esters is 1. The zero-order chi connectivity index (χ0) is 17.7. The van der Waals surface area contributed by atoms with E-state index in [0.717, 1.165) is 6.42 Å². The average Bonchev–Trinajstić information content (AvgIpc) is 2.53. The number of hydrogen-bond donors (Lipinski definition) is 1. The van der Waals surface area contributed by atoms with Gasteiger partial charge < -0.3 is 10.1 Å². The lowest BCUT2D eigenvalue weighted by atomic mass is 10.2. The summed E-state index contributed by atoms with van der Waals surface area (Å²) in [6.07, 6.45) is 1.51. The molecule has 1 aliphatic heterocycles. The van der Waals surface area contributed by atoms with Crippen LogP contribution in [0.15, 0.2) is 24.3 Å². The molecular weight excluding hydrogens is 332 g/mol. The maximum Gasteiger partial charge on any atom is 0.308 e. The minimum Gasteiger partial charge on any atom is -0.455 e. The molecule has 1 N–H and O–H groups in total. The molecule has 0 aliphatic carbocycles. The number of sulfonamides is 1. The van der Waals surface area contributed by atoms with E-state index in [1.807, 2.05) is 0 Å². The van der Waals surface area contributed by atoms with E-state index in [2.05, 4.69) is 5.32 Å². The first kappa shape index (κ1) is 18.3. The summed E-state index contributed by atoms with van der Waals surface area (Å²) in [5, 5.41) is 2.60. The second-order valence-corrected chi connectivity index (χ2v) is 7.97. The summed E-state index contributed by atoms with van der Waals surface area (Å²) in [4.78, 5) is 23.1. The van der Waals surface area contributed by atoms with Crippen LogP contribution < -0.4 is 9.62 Å². The number of carbonyl (C=O) groups excluding carboxylic acids is 2. The van der Waals surface area contributed by atoms with E-state index in [1.54, 1.807) is 38.1 Å². The molecule has 0 atom stereocenters. The van der Waals surface area contributed by atoms with Gasteiger partial charge in [0, 0.05) is 12.2 Å². The van der Waals surface area contributed by atoms with Crippen molar-refractivity contribution in [2.24, 2.45) is 5.92 Å². The molecule has 2 rings (SSSR count). The van der Waals surface area contributed by atoms with Gasteiger partial charge in [0.2, 0.25) is 10.0 Å². The highest BCUT2D eigenvalue weighted by Gasteiger charge is 2.25. The predicted molar refractivity (Wildman–Crippen MR) is 91.2 cm³/mol. The van der Waals surface area contributed by atoms with Crippen LogP contribution in [-0.4, -0.2) is 39.2 Å². The fourth-order valence-corrected chi connectivity index (χ4v) is 3.93. The first-order chi connectivity index (χ1) is 11.3. The summed E-state index contributed by atoms with van der Waals surface area (Å²) < 4.78 is 30.4. The molecule has 8 heteroatoms. The van der Waals surface area contributed by atoms with Crippen molar-refractivity contribution in [3.05, 3.63) is 24.3 Å². The molecule has 1 aliphatic rings. The quantitative estimate of drug-likeness (QED) is 0.813. The van der Waals surface area contributed by atoms with Crippen molar-refractivity contribution in [3.8, 4) is 0 Å². The van der Waals surface area contributed by atoms with E-state index < -0.39 is 21.9 Å². The first-order valence-corrected chi connectivity index (χ1v) is 9.47. The Hall–Kier alpha value is -2.09. The van der Waals surface area contributed by atoms with Crippen LogP contribution in [0, 0.1) is 5.92 Å². The number of carbonyl (C=O) groups is 2.